The predicted octanol–water partition coefficient (Wildman–Crippen LogP) is 6.51. The van der Waals surface area contributed by atoms with Crippen LogP contribution in [0.3, 0.4) is 0 Å². The maximum Gasteiger partial charge on any atom is 0.450 e. The SMILES string of the molecule is COc1ccc(C(=O)COc2ccc3c(=O)c(-c4ccc(Br)cc4)c(C(F)(F)F)oc3c2)cc1. The molecular weight excluding hydrogens is 517 g/mol. The molecule has 5 nitrogen and oxygen atoms in total. The summed E-state index contributed by atoms with van der Waals surface area (Å²) in [7, 11) is 1.50. The number of Topliss-reactive ketones (excluding diaryl/α,β-unsaturated/α-hetero) is 1. The molecule has 0 unspecified atom stereocenters. The molecule has 174 valence electrons. The zero-order valence-corrected chi connectivity index (χ0v) is 19.2. The maximum absolute atomic E-state index is 13.8. The van der Waals surface area contributed by atoms with Crippen LogP contribution in [0.4, 0.5) is 13.2 Å². The number of ketones is 1. The van der Waals surface area contributed by atoms with Crippen molar-refractivity contribution in [2.75, 3.05) is 13.7 Å². The highest BCUT2D eigenvalue weighted by molar-refractivity contribution is 9.10. The Bertz CT molecular complexity index is 1410. The van der Waals surface area contributed by atoms with E-state index in [9.17, 15) is 22.8 Å². The Morgan fingerprint density at radius 3 is 2.24 bits per heavy atom. The van der Waals surface area contributed by atoms with Crippen molar-refractivity contribution in [1.82, 2.24) is 0 Å². The van der Waals surface area contributed by atoms with Gasteiger partial charge >= 0.3 is 6.18 Å². The summed E-state index contributed by atoms with van der Waals surface area (Å²) >= 11 is 3.22. The van der Waals surface area contributed by atoms with Crippen LogP contribution in [0, 0.1) is 0 Å². The molecule has 1 heterocycles. The van der Waals surface area contributed by atoms with Crippen LogP contribution < -0.4 is 14.9 Å². The molecule has 0 radical (unpaired) electrons. The first-order chi connectivity index (χ1) is 16.2. The van der Waals surface area contributed by atoms with Crippen molar-refractivity contribution in [2.45, 2.75) is 6.18 Å². The topological polar surface area (TPSA) is 65.7 Å². The van der Waals surface area contributed by atoms with Gasteiger partial charge in [-0.25, -0.2) is 0 Å². The van der Waals surface area contributed by atoms with Gasteiger partial charge in [-0.15, -0.1) is 0 Å². The number of rotatable bonds is 6. The number of alkyl halides is 3. The van der Waals surface area contributed by atoms with Gasteiger partial charge in [0.05, 0.1) is 18.1 Å². The second kappa shape index (κ2) is 9.34. The molecule has 0 spiro atoms. The molecule has 3 aromatic carbocycles. The molecule has 0 aliphatic heterocycles. The molecule has 4 aromatic rings. The predicted molar refractivity (Wildman–Crippen MR) is 123 cm³/mol. The van der Waals surface area contributed by atoms with E-state index >= 15 is 0 Å². The summed E-state index contributed by atoms with van der Waals surface area (Å²) < 4.78 is 57.7. The van der Waals surface area contributed by atoms with E-state index < -0.39 is 22.9 Å². The molecule has 4 rings (SSSR count). The number of ether oxygens (including phenoxy) is 2. The van der Waals surface area contributed by atoms with Gasteiger partial charge in [-0.2, -0.15) is 13.2 Å². The van der Waals surface area contributed by atoms with Crippen LogP contribution in [-0.4, -0.2) is 19.5 Å². The highest BCUT2D eigenvalue weighted by atomic mass is 79.9. The lowest BCUT2D eigenvalue weighted by Gasteiger charge is -2.13. The minimum absolute atomic E-state index is 0.0419. The standard InChI is InChI=1S/C25H16BrF3O5/c1-32-17-8-4-14(5-9-17)20(30)13-33-18-10-11-19-21(12-18)34-24(25(27,28)29)22(23(19)31)15-2-6-16(26)7-3-15/h2-12H,13H2,1H3. The van der Waals surface area contributed by atoms with E-state index in [2.05, 4.69) is 15.9 Å². The third kappa shape index (κ3) is 4.84. The van der Waals surface area contributed by atoms with Crippen molar-refractivity contribution in [1.29, 1.82) is 0 Å². The van der Waals surface area contributed by atoms with Gasteiger partial charge in [0.15, 0.2) is 12.4 Å². The van der Waals surface area contributed by atoms with E-state index in [4.69, 9.17) is 13.9 Å². The maximum atomic E-state index is 13.8. The number of carbonyl (C=O) groups is 1. The van der Waals surface area contributed by atoms with E-state index in [0.29, 0.717) is 15.8 Å². The Morgan fingerprint density at radius 2 is 1.62 bits per heavy atom. The number of halogens is 4. The van der Waals surface area contributed by atoms with E-state index in [1.165, 1.54) is 49.6 Å². The minimum Gasteiger partial charge on any atom is -0.497 e. The number of methoxy groups -OCH3 is 1. The first kappa shape index (κ1) is 23.6. The Kier molecular flexibility index (Phi) is 6.47. The third-order valence-corrected chi connectivity index (χ3v) is 5.56. The molecule has 0 fully saturated rings. The average Bonchev–Trinajstić information content (AvgIpc) is 2.82. The Balaban J connectivity index is 1.68. The highest BCUT2D eigenvalue weighted by Gasteiger charge is 2.39. The third-order valence-electron chi connectivity index (χ3n) is 5.04. The van der Waals surface area contributed by atoms with Crippen molar-refractivity contribution < 1.29 is 31.9 Å². The van der Waals surface area contributed by atoms with Crippen LogP contribution in [0.2, 0.25) is 0 Å². The van der Waals surface area contributed by atoms with Crippen molar-refractivity contribution >= 4 is 32.7 Å². The molecule has 0 N–H and O–H groups in total. The van der Waals surface area contributed by atoms with Crippen LogP contribution in [0.1, 0.15) is 16.1 Å². The molecule has 0 amide bonds. The molecule has 9 heteroatoms. The van der Waals surface area contributed by atoms with Crippen LogP contribution in [0.15, 0.2) is 80.4 Å². The first-order valence-corrected chi connectivity index (χ1v) is 10.7. The summed E-state index contributed by atoms with van der Waals surface area (Å²) in [5.74, 6) is -1.07. The molecule has 0 aliphatic rings. The van der Waals surface area contributed by atoms with Crippen LogP contribution in [-0.2, 0) is 6.18 Å². The van der Waals surface area contributed by atoms with Crippen molar-refractivity contribution in [3.05, 3.63) is 92.7 Å². The number of benzene rings is 3. The molecular formula is C25H16BrF3O5. The zero-order valence-electron chi connectivity index (χ0n) is 17.6. The quantitative estimate of drug-likeness (QED) is 0.265. The van der Waals surface area contributed by atoms with Gasteiger partial charge in [-0.3, -0.25) is 9.59 Å². The monoisotopic (exact) mass is 532 g/mol. The van der Waals surface area contributed by atoms with Gasteiger partial charge in [0.2, 0.25) is 11.2 Å². The minimum atomic E-state index is -4.91. The van der Waals surface area contributed by atoms with E-state index in [0.717, 1.165) is 0 Å². The summed E-state index contributed by atoms with van der Waals surface area (Å²) in [5.41, 5.74) is -1.23. The molecule has 0 bridgehead atoms. The van der Waals surface area contributed by atoms with Crippen molar-refractivity contribution in [2.24, 2.45) is 0 Å². The van der Waals surface area contributed by atoms with Gasteiger partial charge in [0.25, 0.3) is 0 Å². The summed E-state index contributed by atoms with van der Waals surface area (Å²) in [5, 5.41) is -0.0419. The van der Waals surface area contributed by atoms with Crippen LogP contribution in [0.5, 0.6) is 11.5 Å². The van der Waals surface area contributed by atoms with Gasteiger partial charge in [0.1, 0.15) is 17.1 Å². The van der Waals surface area contributed by atoms with Gasteiger partial charge in [0, 0.05) is 16.1 Å². The fraction of sp³-hybridized carbons (Fsp3) is 0.120. The van der Waals surface area contributed by atoms with Gasteiger partial charge in [-0.05, 0) is 54.1 Å². The van der Waals surface area contributed by atoms with Gasteiger partial charge in [-0.1, -0.05) is 28.1 Å². The lowest BCUT2D eigenvalue weighted by atomic mass is 10.0. The number of fused-ring (bicyclic) bond motifs is 1. The first-order valence-electron chi connectivity index (χ1n) is 9.91. The summed E-state index contributed by atoms with van der Waals surface area (Å²) in [6.45, 7) is -0.356. The van der Waals surface area contributed by atoms with E-state index in [-0.39, 0.29) is 34.7 Å². The molecule has 0 atom stereocenters. The highest BCUT2D eigenvalue weighted by Crippen LogP contribution is 2.38. The summed E-state index contributed by atoms with van der Waals surface area (Å²) in [6.07, 6.45) is -4.91. The second-order valence-corrected chi connectivity index (χ2v) is 8.15. The van der Waals surface area contributed by atoms with Crippen molar-refractivity contribution in [3.8, 4) is 22.6 Å². The van der Waals surface area contributed by atoms with Crippen LogP contribution >= 0.6 is 15.9 Å². The lowest BCUT2D eigenvalue weighted by molar-refractivity contribution is -0.152. The molecule has 0 saturated carbocycles. The van der Waals surface area contributed by atoms with E-state index in [1.54, 1.807) is 24.3 Å². The second-order valence-electron chi connectivity index (χ2n) is 7.24. The van der Waals surface area contributed by atoms with Crippen molar-refractivity contribution in [3.63, 3.8) is 0 Å². The Labute approximate surface area is 199 Å². The largest absolute Gasteiger partial charge is 0.497 e. The molecule has 1 aromatic heterocycles. The Morgan fingerprint density at radius 1 is 0.971 bits per heavy atom. The fourth-order valence-electron chi connectivity index (χ4n) is 3.35. The zero-order chi connectivity index (χ0) is 24.5. The smallest absolute Gasteiger partial charge is 0.450 e. The molecule has 0 aliphatic carbocycles. The fourth-order valence-corrected chi connectivity index (χ4v) is 3.62. The molecule has 34 heavy (non-hydrogen) atoms. The van der Waals surface area contributed by atoms with Crippen LogP contribution in [0.25, 0.3) is 22.1 Å². The van der Waals surface area contributed by atoms with Gasteiger partial charge < -0.3 is 13.9 Å². The number of hydrogen-bond donors (Lipinski definition) is 0. The summed E-state index contributed by atoms with van der Waals surface area (Å²) in [4.78, 5) is 25.4. The van der Waals surface area contributed by atoms with E-state index in [1.807, 2.05) is 0 Å². The Hall–Kier alpha value is -3.59. The summed E-state index contributed by atoms with van der Waals surface area (Å²) in [6, 6.07) is 16.2. The lowest BCUT2D eigenvalue weighted by Crippen LogP contribution is -2.16. The normalized spacial score (nSPS) is 11.4. The molecule has 0 saturated heterocycles. The number of hydrogen-bond acceptors (Lipinski definition) is 5. The number of carbonyl (C=O) groups excluding carboxylic acids is 1. The average molecular weight is 533 g/mol.